The molecule has 1 fully saturated rings. The van der Waals surface area contributed by atoms with E-state index in [2.05, 4.69) is 9.97 Å². The molecule has 0 radical (unpaired) electrons. The summed E-state index contributed by atoms with van der Waals surface area (Å²) in [7, 11) is 0. The second kappa shape index (κ2) is 5.51. The van der Waals surface area contributed by atoms with Crippen LogP contribution in [0.15, 0.2) is 30.3 Å². The van der Waals surface area contributed by atoms with Crippen LogP contribution in [0.5, 0.6) is 0 Å². The van der Waals surface area contributed by atoms with Gasteiger partial charge in [-0.1, -0.05) is 29.8 Å². The Labute approximate surface area is 123 Å². The zero-order chi connectivity index (χ0) is 14.8. The first kappa shape index (κ1) is 13.5. The number of β-amino-alcohol motifs (C(OH)–C–C–N with tert-alkyl or cyclic N) is 1. The fraction of sp³-hybridized carbons (Fsp3) is 0.312. The Bertz CT molecular complexity index is 690. The minimum Gasteiger partial charge on any atom is -0.391 e. The summed E-state index contributed by atoms with van der Waals surface area (Å²) in [6.45, 7) is 3.33. The smallest absolute Gasteiger partial charge is 0.234 e. The average molecular weight is 280 g/mol. The van der Waals surface area contributed by atoms with Crippen LogP contribution in [-0.4, -0.2) is 34.3 Å². The van der Waals surface area contributed by atoms with Gasteiger partial charge in [0.25, 0.3) is 0 Å². The molecular weight excluding hydrogens is 264 g/mol. The lowest BCUT2D eigenvalue weighted by Gasteiger charge is -2.17. The summed E-state index contributed by atoms with van der Waals surface area (Å²) in [6, 6.07) is 11.9. The highest BCUT2D eigenvalue weighted by Crippen LogP contribution is 2.24. The van der Waals surface area contributed by atoms with E-state index in [9.17, 15) is 5.11 Å². The molecule has 3 rings (SSSR count). The van der Waals surface area contributed by atoms with E-state index in [1.54, 1.807) is 0 Å². The number of hydrogen-bond donors (Lipinski definition) is 1. The van der Waals surface area contributed by atoms with Crippen molar-refractivity contribution in [3.05, 3.63) is 41.7 Å². The van der Waals surface area contributed by atoms with E-state index in [-0.39, 0.29) is 11.9 Å². The molecule has 0 aliphatic carbocycles. The summed E-state index contributed by atoms with van der Waals surface area (Å²) in [5.41, 5.74) is 2.87. The monoisotopic (exact) mass is 280 g/mol. The highest BCUT2D eigenvalue weighted by atomic mass is 16.3. The Balaban J connectivity index is 2.01. The van der Waals surface area contributed by atoms with Gasteiger partial charge in [0.15, 0.2) is 0 Å². The molecule has 106 valence electrons. The predicted molar refractivity (Wildman–Crippen MR) is 79.8 cm³/mol. The molecule has 0 bridgehead atoms. The third-order valence-corrected chi connectivity index (χ3v) is 3.65. The molecule has 2 heterocycles. The zero-order valence-corrected chi connectivity index (χ0v) is 11.8. The van der Waals surface area contributed by atoms with Crippen LogP contribution in [0, 0.1) is 18.3 Å². The van der Waals surface area contributed by atoms with Crippen LogP contribution >= 0.6 is 0 Å². The first-order valence-electron chi connectivity index (χ1n) is 6.95. The lowest BCUT2D eigenvalue weighted by Crippen LogP contribution is -2.22. The molecule has 1 aliphatic heterocycles. The van der Waals surface area contributed by atoms with E-state index in [0.717, 1.165) is 24.2 Å². The van der Waals surface area contributed by atoms with Crippen molar-refractivity contribution >= 4 is 5.82 Å². The number of hydrogen-bond acceptors (Lipinski definition) is 5. The molecule has 1 aromatic heterocycles. The fourth-order valence-electron chi connectivity index (χ4n) is 2.47. The van der Waals surface area contributed by atoms with Gasteiger partial charge in [0, 0.05) is 24.7 Å². The van der Waals surface area contributed by atoms with Crippen LogP contribution in [0.4, 0.5) is 5.82 Å². The average Bonchev–Trinajstić information content (AvgIpc) is 2.94. The van der Waals surface area contributed by atoms with Gasteiger partial charge in [0.2, 0.25) is 5.82 Å². The summed E-state index contributed by atoms with van der Waals surface area (Å²) in [5.74, 6) is 0.859. The minimum atomic E-state index is -0.326. The van der Waals surface area contributed by atoms with Gasteiger partial charge in [-0.15, -0.1) is 0 Å². The molecule has 1 aromatic carbocycles. The molecule has 2 aromatic rings. The van der Waals surface area contributed by atoms with Crippen molar-refractivity contribution in [2.24, 2.45) is 0 Å². The van der Waals surface area contributed by atoms with E-state index in [1.807, 2.05) is 48.2 Å². The maximum absolute atomic E-state index is 9.65. The summed E-state index contributed by atoms with van der Waals surface area (Å²) in [6.07, 6.45) is 0.402. The Kier molecular flexibility index (Phi) is 3.55. The van der Waals surface area contributed by atoms with Gasteiger partial charge in [0.05, 0.1) is 11.8 Å². The molecule has 5 heteroatoms. The molecule has 1 N–H and O–H groups in total. The predicted octanol–water partition coefficient (Wildman–Crippen LogP) is 1.89. The number of nitrogens with zero attached hydrogens (tertiary/aromatic N) is 4. The molecule has 1 atom stereocenters. The lowest BCUT2D eigenvalue weighted by molar-refractivity contribution is 0.198. The minimum absolute atomic E-state index is 0.157. The second-order valence-electron chi connectivity index (χ2n) is 5.30. The molecular formula is C16H16N4O. The van der Waals surface area contributed by atoms with Crippen molar-refractivity contribution in [3.8, 4) is 17.3 Å². The highest BCUT2D eigenvalue weighted by molar-refractivity contribution is 5.64. The standard InChI is InChI=1S/C16H16N4O/c1-11-2-4-12(5-3-11)14-8-16(19-15(9-17)18-14)20-7-6-13(21)10-20/h2-5,8,13,21H,6-7,10H2,1H3/t13-/m0/s1. The van der Waals surface area contributed by atoms with E-state index >= 15 is 0 Å². The van der Waals surface area contributed by atoms with Crippen LogP contribution in [-0.2, 0) is 0 Å². The Morgan fingerprint density at radius 1 is 1.29 bits per heavy atom. The molecule has 1 aliphatic rings. The summed E-state index contributed by atoms with van der Waals surface area (Å²) < 4.78 is 0. The number of aliphatic hydroxyl groups is 1. The molecule has 5 nitrogen and oxygen atoms in total. The molecule has 1 saturated heterocycles. The van der Waals surface area contributed by atoms with Gasteiger partial charge in [-0.3, -0.25) is 0 Å². The quantitative estimate of drug-likeness (QED) is 0.909. The Hall–Kier alpha value is -2.45. The Morgan fingerprint density at radius 3 is 2.67 bits per heavy atom. The molecule has 21 heavy (non-hydrogen) atoms. The topological polar surface area (TPSA) is 73.0 Å². The third kappa shape index (κ3) is 2.86. The van der Waals surface area contributed by atoms with Gasteiger partial charge in [-0.2, -0.15) is 5.26 Å². The van der Waals surface area contributed by atoms with Crippen molar-refractivity contribution in [2.45, 2.75) is 19.4 Å². The van der Waals surface area contributed by atoms with E-state index < -0.39 is 0 Å². The van der Waals surface area contributed by atoms with E-state index in [4.69, 9.17) is 5.26 Å². The maximum atomic E-state index is 9.65. The van der Waals surface area contributed by atoms with Crippen LogP contribution < -0.4 is 4.90 Å². The number of aryl methyl sites for hydroxylation is 1. The third-order valence-electron chi connectivity index (χ3n) is 3.65. The van der Waals surface area contributed by atoms with Gasteiger partial charge in [-0.25, -0.2) is 9.97 Å². The molecule has 0 saturated carbocycles. The van der Waals surface area contributed by atoms with Crippen LogP contribution in [0.25, 0.3) is 11.3 Å². The van der Waals surface area contributed by atoms with Crippen LogP contribution in [0.2, 0.25) is 0 Å². The molecule has 0 amide bonds. The number of benzene rings is 1. The maximum Gasteiger partial charge on any atom is 0.234 e. The lowest BCUT2D eigenvalue weighted by atomic mass is 10.1. The van der Waals surface area contributed by atoms with Crippen molar-refractivity contribution in [1.82, 2.24) is 9.97 Å². The number of nitriles is 1. The SMILES string of the molecule is Cc1ccc(-c2cc(N3CC[C@H](O)C3)nc(C#N)n2)cc1. The largest absolute Gasteiger partial charge is 0.391 e. The van der Waals surface area contributed by atoms with Crippen molar-refractivity contribution in [2.75, 3.05) is 18.0 Å². The van der Waals surface area contributed by atoms with Crippen molar-refractivity contribution in [3.63, 3.8) is 0 Å². The first-order chi connectivity index (χ1) is 10.2. The van der Waals surface area contributed by atoms with Gasteiger partial charge in [-0.05, 0) is 13.3 Å². The summed E-state index contributed by atoms with van der Waals surface area (Å²) >= 11 is 0. The normalized spacial score (nSPS) is 17.8. The van der Waals surface area contributed by atoms with Crippen LogP contribution in [0.1, 0.15) is 17.8 Å². The van der Waals surface area contributed by atoms with Gasteiger partial charge in [0.1, 0.15) is 11.9 Å². The van der Waals surface area contributed by atoms with E-state index in [0.29, 0.717) is 12.4 Å². The number of rotatable bonds is 2. The van der Waals surface area contributed by atoms with Gasteiger partial charge < -0.3 is 10.0 Å². The summed E-state index contributed by atoms with van der Waals surface area (Å²) in [5, 5.41) is 18.8. The molecule has 0 unspecified atom stereocenters. The van der Waals surface area contributed by atoms with E-state index in [1.165, 1.54) is 5.56 Å². The van der Waals surface area contributed by atoms with Gasteiger partial charge >= 0.3 is 0 Å². The Morgan fingerprint density at radius 2 is 2.05 bits per heavy atom. The highest BCUT2D eigenvalue weighted by Gasteiger charge is 2.22. The summed E-state index contributed by atoms with van der Waals surface area (Å²) in [4.78, 5) is 10.5. The second-order valence-corrected chi connectivity index (χ2v) is 5.30. The number of aromatic nitrogens is 2. The van der Waals surface area contributed by atoms with Crippen molar-refractivity contribution in [1.29, 1.82) is 5.26 Å². The fourth-order valence-corrected chi connectivity index (χ4v) is 2.47. The number of anilines is 1. The molecule has 0 spiro atoms. The van der Waals surface area contributed by atoms with Crippen LogP contribution in [0.3, 0.4) is 0 Å². The number of aliphatic hydroxyl groups excluding tert-OH is 1. The zero-order valence-electron chi connectivity index (χ0n) is 11.8. The van der Waals surface area contributed by atoms with Crippen molar-refractivity contribution < 1.29 is 5.11 Å². The first-order valence-corrected chi connectivity index (χ1v) is 6.95.